The summed E-state index contributed by atoms with van der Waals surface area (Å²) in [5.41, 5.74) is 0.757. The van der Waals surface area contributed by atoms with Gasteiger partial charge in [0.15, 0.2) is 5.78 Å². The number of hydrogen-bond donors (Lipinski definition) is 2. The lowest BCUT2D eigenvalue weighted by Crippen LogP contribution is -2.32. The number of hydrogen-bond acceptors (Lipinski definition) is 6. The van der Waals surface area contributed by atoms with E-state index in [1.165, 1.54) is 23.9 Å². The SMILES string of the molecule is C[C@@H]1C[C@@H](Nc2ncncc2C(=O)c2ccn(Cc3ccc(Cl)s3)c2)[C@@H](F)[C@@H]1O. The Morgan fingerprint density at radius 2 is 2.28 bits per heavy atom. The number of ketones is 1. The molecule has 1 aliphatic carbocycles. The number of halogens is 2. The normalized spacial score (nSPS) is 24.0. The van der Waals surface area contributed by atoms with Gasteiger partial charge in [0.05, 0.1) is 28.6 Å². The summed E-state index contributed by atoms with van der Waals surface area (Å²) >= 11 is 7.46. The lowest BCUT2D eigenvalue weighted by molar-refractivity contribution is 0.0725. The van der Waals surface area contributed by atoms with Crippen LogP contribution in [0.15, 0.2) is 43.1 Å². The Kier molecular flexibility index (Phi) is 5.67. The van der Waals surface area contributed by atoms with E-state index in [2.05, 4.69) is 15.3 Å². The first kappa shape index (κ1) is 20.0. The average Bonchev–Trinajstić information content (AvgIpc) is 3.40. The molecule has 0 unspecified atom stereocenters. The summed E-state index contributed by atoms with van der Waals surface area (Å²) in [4.78, 5) is 22.2. The van der Waals surface area contributed by atoms with E-state index >= 15 is 0 Å². The summed E-state index contributed by atoms with van der Waals surface area (Å²) in [6.07, 6.45) is 4.34. The van der Waals surface area contributed by atoms with Gasteiger partial charge in [-0.25, -0.2) is 14.4 Å². The molecule has 1 saturated carbocycles. The topological polar surface area (TPSA) is 80.0 Å². The van der Waals surface area contributed by atoms with Gasteiger partial charge in [0.1, 0.15) is 18.3 Å². The van der Waals surface area contributed by atoms with Crippen LogP contribution in [0.5, 0.6) is 0 Å². The third kappa shape index (κ3) is 4.19. The minimum atomic E-state index is -1.42. The Balaban J connectivity index is 1.52. The van der Waals surface area contributed by atoms with Gasteiger partial charge in [-0.3, -0.25) is 4.79 Å². The van der Waals surface area contributed by atoms with Crippen molar-refractivity contribution in [1.29, 1.82) is 0 Å². The van der Waals surface area contributed by atoms with Crippen LogP contribution in [0.25, 0.3) is 0 Å². The van der Waals surface area contributed by atoms with E-state index in [0.717, 1.165) is 9.21 Å². The molecule has 3 aromatic rings. The maximum atomic E-state index is 14.3. The van der Waals surface area contributed by atoms with Crippen molar-refractivity contribution in [2.45, 2.75) is 38.2 Å². The number of aromatic nitrogens is 3. The monoisotopic (exact) mass is 434 g/mol. The molecule has 4 rings (SSSR count). The second kappa shape index (κ2) is 8.22. The molecule has 4 atom stereocenters. The number of carbonyl (C=O) groups is 1. The first-order chi connectivity index (χ1) is 13.9. The molecular weight excluding hydrogens is 415 g/mol. The molecule has 152 valence electrons. The number of nitrogens with zero attached hydrogens (tertiary/aromatic N) is 3. The van der Waals surface area contributed by atoms with Crippen molar-refractivity contribution in [3.8, 4) is 0 Å². The van der Waals surface area contributed by atoms with Crippen LogP contribution in [0.2, 0.25) is 4.34 Å². The van der Waals surface area contributed by atoms with E-state index in [1.807, 2.05) is 22.9 Å². The zero-order chi connectivity index (χ0) is 20.5. The van der Waals surface area contributed by atoms with Crippen LogP contribution in [0.1, 0.15) is 34.1 Å². The van der Waals surface area contributed by atoms with Crippen molar-refractivity contribution in [3.05, 3.63) is 63.5 Å². The van der Waals surface area contributed by atoms with Crippen LogP contribution in [0.4, 0.5) is 10.2 Å². The van der Waals surface area contributed by atoms with E-state index in [-0.39, 0.29) is 23.1 Å². The van der Waals surface area contributed by atoms with Gasteiger partial charge in [-0.1, -0.05) is 18.5 Å². The highest BCUT2D eigenvalue weighted by Gasteiger charge is 2.41. The highest BCUT2D eigenvalue weighted by Crippen LogP contribution is 2.31. The van der Waals surface area contributed by atoms with Crippen LogP contribution in [-0.4, -0.2) is 43.7 Å². The van der Waals surface area contributed by atoms with E-state index < -0.39 is 18.3 Å². The smallest absolute Gasteiger partial charge is 0.199 e. The van der Waals surface area contributed by atoms with Crippen LogP contribution >= 0.6 is 22.9 Å². The molecule has 0 radical (unpaired) electrons. The molecule has 9 heteroatoms. The molecule has 29 heavy (non-hydrogen) atoms. The lowest BCUT2D eigenvalue weighted by atomic mass is 10.1. The second-order valence-electron chi connectivity index (χ2n) is 7.29. The Morgan fingerprint density at radius 3 is 2.97 bits per heavy atom. The molecule has 0 saturated heterocycles. The van der Waals surface area contributed by atoms with Gasteiger partial charge in [0, 0.05) is 29.0 Å². The molecule has 3 heterocycles. The summed E-state index contributed by atoms with van der Waals surface area (Å²) < 4.78 is 17.0. The van der Waals surface area contributed by atoms with Crippen molar-refractivity contribution < 1.29 is 14.3 Å². The minimum Gasteiger partial charge on any atom is -0.390 e. The molecule has 0 bridgehead atoms. The summed E-state index contributed by atoms with van der Waals surface area (Å²) in [6.45, 7) is 2.41. The van der Waals surface area contributed by atoms with E-state index in [9.17, 15) is 14.3 Å². The average molecular weight is 435 g/mol. The standard InChI is InChI=1S/C20H20ClFN4O2S/c1-11-6-15(17(22)18(11)27)25-20-14(7-23-10-24-20)19(28)12-4-5-26(8-12)9-13-2-3-16(21)29-13/h2-5,7-8,10-11,15,17-18,27H,6,9H2,1H3,(H,23,24,25)/t11-,15-,17-,18-/m1/s1. The van der Waals surface area contributed by atoms with Crippen LogP contribution in [-0.2, 0) is 6.54 Å². The van der Waals surface area contributed by atoms with Gasteiger partial charge >= 0.3 is 0 Å². The highest BCUT2D eigenvalue weighted by atomic mass is 35.5. The maximum Gasteiger partial charge on any atom is 0.199 e. The van der Waals surface area contributed by atoms with Crippen LogP contribution < -0.4 is 5.32 Å². The molecule has 0 spiro atoms. The van der Waals surface area contributed by atoms with Gasteiger partial charge in [-0.05, 0) is 30.5 Å². The first-order valence-electron chi connectivity index (χ1n) is 9.25. The zero-order valence-corrected chi connectivity index (χ0v) is 17.2. The predicted octanol–water partition coefficient (Wildman–Crippen LogP) is 3.79. The number of nitrogens with one attached hydrogen (secondary N) is 1. The van der Waals surface area contributed by atoms with Gasteiger partial charge in [0.25, 0.3) is 0 Å². The molecule has 0 aliphatic heterocycles. The fourth-order valence-corrected chi connectivity index (χ4v) is 4.69. The molecule has 0 aromatic carbocycles. The summed E-state index contributed by atoms with van der Waals surface area (Å²) in [7, 11) is 0. The minimum absolute atomic E-state index is 0.164. The third-order valence-corrected chi connectivity index (χ3v) is 6.39. The quantitative estimate of drug-likeness (QED) is 0.577. The Hall–Kier alpha value is -2.29. The first-order valence-corrected chi connectivity index (χ1v) is 10.4. The summed E-state index contributed by atoms with van der Waals surface area (Å²) in [5, 5.41) is 12.9. The van der Waals surface area contributed by atoms with Crippen molar-refractivity contribution in [3.63, 3.8) is 0 Å². The number of aliphatic hydroxyl groups is 1. The Labute approximate surface area is 176 Å². The van der Waals surface area contributed by atoms with E-state index in [4.69, 9.17) is 11.6 Å². The lowest BCUT2D eigenvalue weighted by Gasteiger charge is -2.18. The van der Waals surface area contributed by atoms with Gasteiger partial charge in [-0.2, -0.15) is 0 Å². The Bertz CT molecular complexity index is 1020. The maximum absolute atomic E-state index is 14.3. The molecule has 6 nitrogen and oxygen atoms in total. The fraction of sp³-hybridized carbons (Fsp3) is 0.350. The predicted molar refractivity (Wildman–Crippen MR) is 110 cm³/mol. The molecule has 2 N–H and O–H groups in total. The van der Waals surface area contributed by atoms with Crippen molar-refractivity contribution in [2.24, 2.45) is 5.92 Å². The van der Waals surface area contributed by atoms with E-state index in [1.54, 1.807) is 19.2 Å². The summed E-state index contributed by atoms with van der Waals surface area (Å²) in [5.74, 6) is -0.141. The van der Waals surface area contributed by atoms with Crippen LogP contribution in [0, 0.1) is 5.92 Å². The largest absolute Gasteiger partial charge is 0.390 e. The number of carbonyl (C=O) groups excluding carboxylic acids is 1. The van der Waals surface area contributed by atoms with Gasteiger partial charge in [-0.15, -0.1) is 11.3 Å². The zero-order valence-electron chi connectivity index (χ0n) is 15.6. The van der Waals surface area contributed by atoms with Crippen molar-refractivity contribution >= 4 is 34.5 Å². The van der Waals surface area contributed by atoms with Crippen molar-refractivity contribution in [2.75, 3.05) is 5.32 Å². The number of alkyl halides is 1. The highest BCUT2D eigenvalue weighted by molar-refractivity contribution is 7.16. The van der Waals surface area contributed by atoms with Gasteiger partial charge < -0.3 is 15.0 Å². The summed E-state index contributed by atoms with van der Waals surface area (Å²) in [6, 6.07) is 4.92. The second-order valence-corrected chi connectivity index (χ2v) is 9.09. The molecule has 1 aliphatic rings. The van der Waals surface area contributed by atoms with Gasteiger partial charge in [0.2, 0.25) is 0 Å². The van der Waals surface area contributed by atoms with E-state index in [0.29, 0.717) is 18.5 Å². The molecular formula is C20H20ClFN4O2S. The molecule has 0 amide bonds. The van der Waals surface area contributed by atoms with Crippen molar-refractivity contribution in [1.82, 2.24) is 14.5 Å². The third-order valence-electron chi connectivity index (χ3n) is 5.18. The number of rotatable bonds is 6. The number of aliphatic hydroxyl groups excluding tert-OH is 1. The fourth-order valence-electron chi connectivity index (χ4n) is 3.59. The van der Waals surface area contributed by atoms with Crippen LogP contribution in [0.3, 0.4) is 0 Å². The number of anilines is 1. The number of thiophene rings is 1. The Morgan fingerprint density at radius 1 is 1.45 bits per heavy atom. The molecule has 3 aromatic heterocycles. The molecule has 1 fully saturated rings.